The average Bonchev–Trinajstić information content (AvgIpc) is 3.69. The molecular weight excluding hydrogens is 641 g/mol. The third-order valence-electron chi connectivity index (χ3n) is 7.63. The van der Waals surface area contributed by atoms with Gasteiger partial charge in [0.1, 0.15) is 17.1 Å². The molecule has 0 aliphatic carbocycles. The van der Waals surface area contributed by atoms with E-state index in [9.17, 15) is 27.6 Å². The molecular formula is C34H29F3N8O4. The van der Waals surface area contributed by atoms with Gasteiger partial charge in [0.05, 0.1) is 36.9 Å². The van der Waals surface area contributed by atoms with E-state index in [0.717, 1.165) is 12.1 Å². The number of hydrogen-bond acceptors (Lipinski definition) is 7. The summed E-state index contributed by atoms with van der Waals surface area (Å²) in [4.78, 5) is 47.0. The molecule has 250 valence electrons. The first-order valence-electron chi connectivity index (χ1n) is 15.2. The number of benzene rings is 2. The summed E-state index contributed by atoms with van der Waals surface area (Å²) in [5, 5.41) is 12.2. The molecule has 3 aromatic heterocycles. The van der Waals surface area contributed by atoms with Crippen molar-refractivity contribution in [1.82, 2.24) is 34.8 Å². The second kappa shape index (κ2) is 13.5. The van der Waals surface area contributed by atoms with E-state index in [1.54, 1.807) is 32.2 Å². The lowest BCUT2D eigenvalue weighted by atomic mass is 10.0. The van der Waals surface area contributed by atoms with Gasteiger partial charge in [-0.15, -0.1) is 0 Å². The minimum absolute atomic E-state index is 0.0470. The number of nitrogens with one attached hydrogen (secondary N) is 3. The predicted molar refractivity (Wildman–Crippen MR) is 171 cm³/mol. The van der Waals surface area contributed by atoms with E-state index >= 15 is 0 Å². The lowest BCUT2D eigenvalue weighted by Gasteiger charge is -2.16. The van der Waals surface area contributed by atoms with Crippen molar-refractivity contribution in [3.63, 3.8) is 0 Å². The van der Waals surface area contributed by atoms with Crippen LogP contribution in [0.4, 0.5) is 18.9 Å². The molecule has 12 nitrogen and oxygen atoms in total. The summed E-state index contributed by atoms with van der Waals surface area (Å²) in [6, 6.07) is 9.50. The van der Waals surface area contributed by atoms with E-state index in [4.69, 9.17) is 4.74 Å². The lowest BCUT2D eigenvalue weighted by Crippen LogP contribution is -2.37. The van der Waals surface area contributed by atoms with Crippen LogP contribution in [0.3, 0.4) is 0 Å². The molecule has 2 aromatic carbocycles. The second-order valence-electron chi connectivity index (χ2n) is 11.3. The fraction of sp³-hybridized carbons (Fsp3) is 0.235. The van der Waals surface area contributed by atoms with E-state index in [1.165, 1.54) is 39.8 Å². The predicted octanol–water partition coefficient (Wildman–Crippen LogP) is 4.22. The zero-order chi connectivity index (χ0) is 34.7. The van der Waals surface area contributed by atoms with Crippen molar-refractivity contribution in [2.75, 3.05) is 25.0 Å². The van der Waals surface area contributed by atoms with E-state index in [1.807, 2.05) is 0 Å². The highest BCUT2D eigenvalue weighted by Crippen LogP contribution is 2.33. The highest BCUT2D eigenvalue weighted by Gasteiger charge is 2.32. The van der Waals surface area contributed by atoms with Gasteiger partial charge in [0.2, 0.25) is 5.91 Å². The Morgan fingerprint density at radius 2 is 1.86 bits per heavy atom. The van der Waals surface area contributed by atoms with Gasteiger partial charge in [-0.3, -0.25) is 14.4 Å². The van der Waals surface area contributed by atoms with Gasteiger partial charge in [-0.2, -0.15) is 18.3 Å². The number of fused-ring (bicyclic) bond motifs is 3. The van der Waals surface area contributed by atoms with E-state index in [2.05, 4.69) is 42.9 Å². The van der Waals surface area contributed by atoms with Gasteiger partial charge in [-0.1, -0.05) is 5.92 Å². The Labute approximate surface area is 277 Å². The highest BCUT2D eigenvalue weighted by molar-refractivity contribution is 6.06. The molecule has 1 aliphatic rings. The number of aromatic nitrogens is 5. The van der Waals surface area contributed by atoms with Crippen LogP contribution in [0.2, 0.25) is 0 Å². The zero-order valence-corrected chi connectivity index (χ0v) is 26.3. The number of hydrogen-bond donors (Lipinski definition) is 3. The van der Waals surface area contributed by atoms with Crippen LogP contribution in [0.5, 0.6) is 5.75 Å². The Morgan fingerprint density at radius 3 is 2.63 bits per heavy atom. The Bertz CT molecular complexity index is 2160. The van der Waals surface area contributed by atoms with E-state index < -0.39 is 23.6 Å². The van der Waals surface area contributed by atoms with Crippen molar-refractivity contribution in [2.24, 2.45) is 0 Å². The number of carbonyl (C=O) groups excluding carboxylic acids is 3. The molecule has 4 bridgehead atoms. The molecule has 0 spiro atoms. The maximum Gasteiger partial charge on any atom is 0.416 e. The standard InChI is InChI=1S/C34H29F3N8O4/c1-20-18-44(19-41-20)26-13-23(34(35,36)37)12-24(14-26)42-32(47)28-15-27-11-22(21(28)2)5-6-25-16-39-30-8-7-29(43-45(25)30)33(48)40-17-31(46)38-9-3-4-10-49-27/h7-8,11-16,18-19H,3-4,9-10,17H2,1-2H3,(H,38,46)(H,40,48)(H,42,47). The molecule has 6 rings (SSSR count). The van der Waals surface area contributed by atoms with Crippen LogP contribution in [0, 0.1) is 25.7 Å². The van der Waals surface area contributed by atoms with E-state index in [-0.39, 0.29) is 41.7 Å². The molecule has 3 N–H and O–H groups in total. The number of halogens is 3. The summed E-state index contributed by atoms with van der Waals surface area (Å²) in [6.45, 7) is 3.73. The summed E-state index contributed by atoms with van der Waals surface area (Å²) in [5.74, 6) is 4.74. The van der Waals surface area contributed by atoms with Crippen LogP contribution in [0.25, 0.3) is 11.3 Å². The molecule has 4 heterocycles. The number of anilines is 1. The van der Waals surface area contributed by atoms with Crippen molar-refractivity contribution < 1.29 is 32.3 Å². The molecule has 0 radical (unpaired) electrons. The topological polar surface area (TPSA) is 145 Å². The zero-order valence-electron chi connectivity index (χ0n) is 26.3. The Balaban J connectivity index is 1.38. The molecule has 3 amide bonds. The Kier molecular flexibility index (Phi) is 9.04. The molecule has 0 saturated carbocycles. The molecule has 0 atom stereocenters. The normalized spacial score (nSPS) is 14.1. The van der Waals surface area contributed by atoms with Crippen molar-refractivity contribution in [1.29, 1.82) is 0 Å². The summed E-state index contributed by atoms with van der Waals surface area (Å²) < 4.78 is 50.4. The lowest BCUT2D eigenvalue weighted by molar-refractivity contribution is -0.137. The van der Waals surface area contributed by atoms with Crippen LogP contribution in [0.15, 0.2) is 61.2 Å². The molecule has 1 aliphatic heterocycles. The third kappa shape index (κ3) is 7.54. The number of imidazole rings is 2. The van der Waals surface area contributed by atoms with Gasteiger partial charge in [-0.05, 0) is 80.6 Å². The number of carbonyl (C=O) groups is 3. The first kappa shape index (κ1) is 32.8. The first-order chi connectivity index (χ1) is 23.4. The van der Waals surface area contributed by atoms with Crippen LogP contribution in [0.1, 0.15) is 61.8 Å². The number of rotatable bonds is 3. The molecule has 49 heavy (non-hydrogen) atoms. The first-order valence-corrected chi connectivity index (χ1v) is 15.2. The molecule has 5 aromatic rings. The summed E-state index contributed by atoms with van der Waals surface area (Å²) in [5.41, 5.74) is 1.56. The Morgan fingerprint density at radius 1 is 1.02 bits per heavy atom. The fourth-order valence-corrected chi connectivity index (χ4v) is 5.06. The van der Waals surface area contributed by atoms with Gasteiger partial charge in [0, 0.05) is 35.2 Å². The van der Waals surface area contributed by atoms with Crippen molar-refractivity contribution >= 4 is 29.1 Å². The summed E-state index contributed by atoms with van der Waals surface area (Å²) in [7, 11) is 0. The Hall–Kier alpha value is -6.17. The third-order valence-corrected chi connectivity index (χ3v) is 7.63. The SMILES string of the molecule is Cc1cn(-c2cc(NC(=O)c3cc4cc(c3C)C#Cc3cnc5ccc(nn35)C(=O)NCC(=O)NCCCCO4)cc(C(F)(F)F)c2)cn1. The van der Waals surface area contributed by atoms with Crippen LogP contribution < -0.4 is 20.7 Å². The monoisotopic (exact) mass is 670 g/mol. The van der Waals surface area contributed by atoms with Crippen LogP contribution in [-0.4, -0.2) is 61.6 Å². The summed E-state index contributed by atoms with van der Waals surface area (Å²) in [6.07, 6.45) is 0.891. The quantitative estimate of drug-likeness (QED) is 0.244. The van der Waals surface area contributed by atoms with Gasteiger partial charge in [0.15, 0.2) is 5.65 Å². The average molecular weight is 671 g/mol. The number of alkyl halides is 3. The van der Waals surface area contributed by atoms with Gasteiger partial charge >= 0.3 is 6.18 Å². The second-order valence-corrected chi connectivity index (χ2v) is 11.3. The largest absolute Gasteiger partial charge is 0.494 e. The van der Waals surface area contributed by atoms with Crippen LogP contribution in [-0.2, 0) is 11.0 Å². The van der Waals surface area contributed by atoms with Crippen molar-refractivity contribution in [3.05, 3.63) is 101 Å². The molecule has 0 saturated heterocycles. The van der Waals surface area contributed by atoms with Crippen LogP contribution >= 0.6 is 0 Å². The molecule has 0 fully saturated rings. The molecule has 0 unspecified atom stereocenters. The smallest absolute Gasteiger partial charge is 0.416 e. The minimum atomic E-state index is -4.67. The number of amides is 3. The van der Waals surface area contributed by atoms with Gasteiger partial charge in [0.25, 0.3) is 11.8 Å². The maximum absolute atomic E-state index is 13.9. The molecule has 15 heteroatoms. The van der Waals surface area contributed by atoms with Gasteiger partial charge < -0.3 is 25.3 Å². The number of aryl methyl sites for hydroxylation is 1. The highest BCUT2D eigenvalue weighted by atomic mass is 19.4. The minimum Gasteiger partial charge on any atom is -0.494 e. The number of nitrogens with zero attached hydrogens (tertiary/aromatic N) is 5. The van der Waals surface area contributed by atoms with Gasteiger partial charge in [-0.25, -0.2) is 14.5 Å². The van der Waals surface area contributed by atoms with E-state index in [0.29, 0.717) is 53.3 Å². The van der Waals surface area contributed by atoms with Crippen molar-refractivity contribution in [2.45, 2.75) is 32.9 Å². The number of ether oxygens (including phenoxy) is 1. The summed E-state index contributed by atoms with van der Waals surface area (Å²) >= 11 is 0. The van der Waals surface area contributed by atoms with Crippen molar-refractivity contribution in [3.8, 4) is 23.3 Å². The maximum atomic E-state index is 13.9. The fourth-order valence-electron chi connectivity index (χ4n) is 5.06.